The molecule has 0 saturated heterocycles. The lowest BCUT2D eigenvalue weighted by Crippen LogP contribution is -1.93. The molecule has 0 aliphatic rings. The Morgan fingerprint density at radius 3 is 2.82 bits per heavy atom. The van der Waals surface area contributed by atoms with E-state index in [1.165, 1.54) is 11.1 Å². The Morgan fingerprint density at radius 2 is 2.00 bits per heavy atom. The number of nitrogens with two attached hydrogens (primary N) is 1. The van der Waals surface area contributed by atoms with Gasteiger partial charge in [0.25, 0.3) is 0 Å². The van der Waals surface area contributed by atoms with Crippen LogP contribution in [0.25, 0.3) is 21.3 Å². The molecule has 2 aromatic heterocycles. The predicted molar refractivity (Wildman–Crippen MR) is 74.2 cm³/mol. The maximum atomic E-state index is 6.09. The van der Waals surface area contributed by atoms with Gasteiger partial charge in [-0.25, -0.2) is 4.98 Å². The molecule has 0 spiro atoms. The van der Waals surface area contributed by atoms with Crippen LogP contribution in [0.2, 0.25) is 0 Å². The third kappa shape index (κ3) is 1.59. The highest BCUT2D eigenvalue weighted by Crippen LogP contribution is 2.36. The second-order valence-electron chi connectivity index (χ2n) is 4.04. The van der Waals surface area contributed by atoms with Gasteiger partial charge in [0, 0.05) is 10.9 Å². The Hall–Kier alpha value is -1.87. The number of fused-ring (bicyclic) bond motifs is 1. The Bertz CT molecular complexity index is 686. The van der Waals surface area contributed by atoms with Crippen LogP contribution >= 0.6 is 11.3 Å². The summed E-state index contributed by atoms with van der Waals surface area (Å²) in [5.74, 6) is 0. The van der Waals surface area contributed by atoms with Crippen LogP contribution in [0.4, 0.5) is 5.69 Å². The summed E-state index contributed by atoms with van der Waals surface area (Å²) in [4.78, 5) is 5.39. The van der Waals surface area contributed by atoms with Crippen molar-refractivity contribution < 1.29 is 0 Å². The second-order valence-corrected chi connectivity index (χ2v) is 4.94. The zero-order valence-corrected chi connectivity index (χ0v) is 10.3. The van der Waals surface area contributed by atoms with Gasteiger partial charge in [0.15, 0.2) is 0 Å². The van der Waals surface area contributed by atoms with Crippen molar-refractivity contribution in [1.29, 1.82) is 0 Å². The highest BCUT2D eigenvalue weighted by atomic mass is 32.1. The van der Waals surface area contributed by atoms with E-state index in [-0.39, 0.29) is 0 Å². The quantitative estimate of drug-likeness (QED) is 0.701. The first kappa shape index (κ1) is 10.3. The number of hydrogen-bond donors (Lipinski definition) is 1. The van der Waals surface area contributed by atoms with Gasteiger partial charge in [-0.2, -0.15) is 0 Å². The normalized spacial score (nSPS) is 10.9. The van der Waals surface area contributed by atoms with Crippen molar-refractivity contribution in [3.8, 4) is 11.1 Å². The van der Waals surface area contributed by atoms with E-state index in [0.29, 0.717) is 0 Å². The van der Waals surface area contributed by atoms with E-state index >= 15 is 0 Å². The molecule has 0 atom stereocenters. The summed E-state index contributed by atoms with van der Waals surface area (Å²) in [5, 5.41) is 3.20. The van der Waals surface area contributed by atoms with Crippen LogP contribution in [0.15, 0.2) is 41.9 Å². The summed E-state index contributed by atoms with van der Waals surface area (Å²) in [6.45, 7) is 2.10. The molecule has 3 aromatic rings. The fourth-order valence-corrected chi connectivity index (χ4v) is 2.84. The van der Waals surface area contributed by atoms with Gasteiger partial charge in [-0.3, -0.25) is 0 Å². The molecule has 0 radical (unpaired) electrons. The van der Waals surface area contributed by atoms with Crippen LogP contribution in [0.1, 0.15) is 5.56 Å². The minimum Gasteiger partial charge on any atom is -0.397 e. The van der Waals surface area contributed by atoms with Crippen molar-refractivity contribution in [3.05, 3.63) is 47.5 Å². The number of rotatable bonds is 1. The van der Waals surface area contributed by atoms with E-state index in [0.717, 1.165) is 21.5 Å². The van der Waals surface area contributed by atoms with Gasteiger partial charge in [-0.15, -0.1) is 11.3 Å². The van der Waals surface area contributed by atoms with Gasteiger partial charge in [0.05, 0.1) is 11.9 Å². The van der Waals surface area contributed by atoms with E-state index in [4.69, 9.17) is 5.73 Å². The molecule has 2 nitrogen and oxygen atoms in total. The van der Waals surface area contributed by atoms with Gasteiger partial charge >= 0.3 is 0 Å². The number of nitrogens with zero attached hydrogens (tertiary/aromatic N) is 1. The van der Waals surface area contributed by atoms with E-state index < -0.39 is 0 Å². The van der Waals surface area contributed by atoms with Crippen LogP contribution in [-0.2, 0) is 0 Å². The summed E-state index contributed by atoms with van der Waals surface area (Å²) >= 11 is 1.64. The van der Waals surface area contributed by atoms with Crippen molar-refractivity contribution in [2.45, 2.75) is 6.92 Å². The number of aromatic nitrogens is 1. The number of hydrogen-bond acceptors (Lipinski definition) is 3. The number of aryl methyl sites for hydroxylation is 1. The molecule has 17 heavy (non-hydrogen) atoms. The van der Waals surface area contributed by atoms with Gasteiger partial charge in [-0.1, -0.05) is 24.3 Å². The summed E-state index contributed by atoms with van der Waals surface area (Å²) in [6, 6.07) is 10.4. The zero-order chi connectivity index (χ0) is 11.8. The van der Waals surface area contributed by atoms with E-state index in [1.807, 2.05) is 12.1 Å². The highest BCUT2D eigenvalue weighted by Gasteiger charge is 2.11. The molecule has 1 aromatic carbocycles. The number of benzene rings is 1. The summed E-state index contributed by atoms with van der Waals surface area (Å²) < 4.78 is 0. The average Bonchev–Trinajstić information content (AvgIpc) is 2.79. The van der Waals surface area contributed by atoms with E-state index in [1.54, 1.807) is 17.5 Å². The minimum absolute atomic E-state index is 0.741. The molecular formula is C14H12N2S. The molecule has 0 fully saturated rings. The van der Waals surface area contributed by atoms with Crippen LogP contribution < -0.4 is 5.73 Å². The third-order valence-electron chi connectivity index (χ3n) is 2.94. The molecule has 84 valence electrons. The van der Waals surface area contributed by atoms with Crippen LogP contribution in [0.3, 0.4) is 0 Å². The topological polar surface area (TPSA) is 38.9 Å². The first-order valence-electron chi connectivity index (χ1n) is 5.45. The van der Waals surface area contributed by atoms with Crippen LogP contribution in [0, 0.1) is 6.92 Å². The second kappa shape index (κ2) is 3.86. The summed E-state index contributed by atoms with van der Waals surface area (Å²) in [5.41, 5.74) is 10.4. The van der Waals surface area contributed by atoms with Crippen LogP contribution in [0.5, 0.6) is 0 Å². The fourth-order valence-electron chi connectivity index (χ4n) is 2.09. The van der Waals surface area contributed by atoms with Crippen molar-refractivity contribution in [3.63, 3.8) is 0 Å². The summed E-state index contributed by atoms with van der Waals surface area (Å²) in [6.07, 6.45) is 1.75. The lowest BCUT2D eigenvalue weighted by molar-refractivity contribution is 1.42. The fraction of sp³-hybridized carbons (Fsp3) is 0.0714. The molecule has 0 aliphatic carbocycles. The van der Waals surface area contributed by atoms with Crippen LogP contribution in [-0.4, -0.2) is 4.98 Å². The van der Waals surface area contributed by atoms with Crippen molar-refractivity contribution in [2.75, 3.05) is 5.73 Å². The van der Waals surface area contributed by atoms with Crippen molar-refractivity contribution in [2.24, 2.45) is 0 Å². The van der Waals surface area contributed by atoms with Gasteiger partial charge in [-0.05, 0) is 29.5 Å². The predicted octanol–water partition coefficient (Wildman–Crippen LogP) is 3.85. The van der Waals surface area contributed by atoms with E-state index in [2.05, 4.69) is 35.5 Å². The Labute approximate surface area is 104 Å². The van der Waals surface area contributed by atoms with Crippen molar-refractivity contribution in [1.82, 2.24) is 4.98 Å². The van der Waals surface area contributed by atoms with Crippen molar-refractivity contribution >= 4 is 27.2 Å². The number of pyridine rings is 1. The Morgan fingerprint density at radius 1 is 1.18 bits per heavy atom. The largest absolute Gasteiger partial charge is 0.397 e. The SMILES string of the molecule is Cc1ccccc1-c1c(N)cnc2sccc12. The molecule has 0 aliphatic heterocycles. The molecule has 3 rings (SSSR count). The molecule has 2 N–H and O–H groups in total. The highest BCUT2D eigenvalue weighted by molar-refractivity contribution is 7.16. The third-order valence-corrected chi connectivity index (χ3v) is 3.76. The Balaban J connectivity index is 2.40. The summed E-state index contributed by atoms with van der Waals surface area (Å²) in [7, 11) is 0. The standard InChI is InChI=1S/C14H12N2S/c1-9-4-2-3-5-10(9)13-11-6-7-17-14(11)16-8-12(13)15/h2-8H,15H2,1H3. The number of thiophene rings is 1. The van der Waals surface area contributed by atoms with E-state index in [9.17, 15) is 0 Å². The lowest BCUT2D eigenvalue weighted by atomic mass is 9.98. The smallest absolute Gasteiger partial charge is 0.123 e. The lowest BCUT2D eigenvalue weighted by Gasteiger charge is -2.09. The monoisotopic (exact) mass is 240 g/mol. The van der Waals surface area contributed by atoms with Gasteiger partial charge in [0.1, 0.15) is 4.83 Å². The molecule has 2 heterocycles. The maximum Gasteiger partial charge on any atom is 0.123 e. The number of nitrogen functional groups attached to an aromatic ring is 1. The Kier molecular flexibility index (Phi) is 2.34. The molecule has 0 saturated carbocycles. The van der Waals surface area contributed by atoms with Gasteiger partial charge < -0.3 is 5.73 Å². The van der Waals surface area contributed by atoms with Gasteiger partial charge in [0.2, 0.25) is 0 Å². The minimum atomic E-state index is 0.741. The molecule has 0 bridgehead atoms. The number of anilines is 1. The molecule has 0 amide bonds. The molecule has 3 heteroatoms. The first-order chi connectivity index (χ1) is 8.27. The molecule has 0 unspecified atom stereocenters. The average molecular weight is 240 g/mol. The zero-order valence-electron chi connectivity index (χ0n) is 9.47. The first-order valence-corrected chi connectivity index (χ1v) is 6.33. The maximum absolute atomic E-state index is 6.09. The molecular weight excluding hydrogens is 228 g/mol.